The molecule has 2 unspecified atom stereocenters. The lowest BCUT2D eigenvalue weighted by atomic mass is 10.1. The zero-order valence-corrected chi connectivity index (χ0v) is 16.8. The number of rotatable bonds is 8. The summed E-state index contributed by atoms with van der Waals surface area (Å²) in [7, 11) is 0. The number of benzene rings is 2. The van der Waals surface area contributed by atoms with E-state index in [1.54, 1.807) is 11.0 Å². The van der Waals surface area contributed by atoms with Crippen LogP contribution in [0.4, 0.5) is 0 Å². The Morgan fingerprint density at radius 3 is 2.39 bits per heavy atom. The van der Waals surface area contributed by atoms with Gasteiger partial charge in [0.1, 0.15) is 24.8 Å². The average Bonchev–Trinajstić information content (AvgIpc) is 3.20. The van der Waals surface area contributed by atoms with Crippen LogP contribution < -0.4 is 10.1 Å². The van der Waals surface area contributed by atoms with Gasteiger partial charge in [-0.3, -0.25) is 0 Å². The number of tetrazole rings is 1. The van der Waals surface area contributed by atoms with E-state index >= 15 is 0 Å². The van der Waals surface area contributed by atoms with Crippen molar-refractivity contribution in [3.63, 3.8) is 0 Å². The van der Waals surface area contributed by atoms with Crippen molar-refractivity contribution < 1.29 is 9.84 Å². The molecule has 28 heavy (non-hydrogen) atoms. The van der Waals surface area contributed by atoms with Crippen LogP contribution >= 0.6 is 0 Å². The number of nitrogens with zero attached hydrogens (tertiary/aromatic N) is 4. The third-order valence-corrected chi connectivity index (χ3v) is 4.69. The summed E-state index contributed by atoms with van der Waals surface area (Å²) in [6, 6.07) is 12.3. The van der Waals surface area contributed by atoms with E-state index in [-0.39, 0.29) is 12.6 Å². The van der Waals surface area contributed by atoms with E-state index in [0.717, 1.165) is 28.1 Å². The second kappa shape index (κ2) is 8.95. The molecule has 0 fully saturated rings. The fourth-order valence-electron chi connectivity index (χ4n) is 3.26. The third kappa shape index (κ3) is 4.94. The predicted octanol–water partition coefficient (Wildman–Crippen LogP) is 2.68. The molecule has 0 spiro atoms. The smallest absolute Gasteiger partial charge is 0.143 e. The average molecular weight is 381 g/mol. The van der Waals surface area contributed by atoms with Crippen LogP contribution in [0.25, 0.3) is 5.69 Å². The Kier molecular flexibility index (Phi) is 6.38. The normalized spacial score (nSPS) is 13.3. The first-order valence-electron chi connectivity index (χ1n) is 9.39. The summed E-state index contributed by atoms with van der Waals surface area (Å²) >= 11 is 0. The Morgan fingerprint density at radius 1 is 1.11 bits per heavy atom. The van der Waals surface area contributed by atoms with E-state index in [9.17, 15) is 5.11 Å². The molecule has 7 nitrogen and oxygen atoms in total. The first-order valence-corrected chi connectivity index (χ1v) is 9.39. The molecule has 0 aliphatic carbocycles. The van der Waals surface area contributed by atoms with Crippen LogP contribution in [0.3, 0.4) is 0 Å². The fraction of sp³-hybridized carbons (Fsp3) is 0.381. The summed E-state index contributed by atoms with van der Waals surface area (Å²) in [6.07, 6.45) is 0.966. The molecular formula is C21H27N5O2. The molecule has 3 aromatic rings. The van der Waals surface area contributed by atoms with Crippen molar-refractivity contribution >= 4 is 0 Å². The summed E-state index contributed by atoms with van der Waals surface area (Å²) in [6.45, 7) is 8.89. The van der Waals surface area contributed by atoms with Crippen LogP contribution in [-0.2, 0) is 0 Å². The van der Waals surface area contributed by atoms with Crippen LogP contribution in [0, 0.1) is 20.8 Å². The molecule has 3 rings (SSSR count). The summed E-state index contributed by atoms with van der Waals surface area (Å²) in [4.78, 5) is 0. The molecule has 0 saturated carbocycles. The van der Waals surface area contributed by atoms with E-state index in [0.29, 0.717) is 6.54 Å². The van der Waals surface area contributed by atoms with E-state index in [1.807, 2.05) is 38.1 Å². The number of aliphatic hydroxyl groups is 1. The number of nitrogens with one attached hydrogen (secondary N) is 1. The van der Waals surface area contributed by atoms with Gasteiger partial charge in [0.15, 0.2) is 0 Å². The standard InChI is InChI=1S/C21H27N5O2/c1-14-9-15(2)21(16(3)10-14)28-12-20(27)11-22-17(4)18-5-7-19(8-6-18)26-13-23-24-25-26/h5-10,13,17,20,22,27H,11-12H2,1-4H3. The van der Waals surface area contributed by atoms with Crippen LogP contribution in [0.5, 0.6) is 5.75 Å². The minimum Gasteiger partial charge on any atom is -0.490 e. The van der Waals surface area contributed by atoms with E-state index < -0.39 is 6.10 Å². The monoisotopic (exact) mass is 381 g/mol. The lowest BCUT2D eigenvalue weighted by molar-refractivity contribution is 0.103. The van der Waals surface area contributed by atoms with Crippen LogP contribution in [0.2, 0.25) is 0 Å². The summed E-state index contributed by atoms with van der Waals surface area (Å²) in [5.74, 6) is 0.857. The highest BCUT2D eigenvalue weighted by Gasteiger charge is 2.12. The minimum atomic E-state index is -0.594. The topological polar surface area (TPSA) is 85.1 Å². The zero-order chi connectivity index (χ0) is 20.1. The number of aliphatic hydroxyl groups excluding tert-OH is 1. The maximum absolute atomic E-state index is 10.3. The minimum absolute atomic E-state index is 0.0976. The van der Waals surface area contributed by atoms with Gasteiger partial charge in [0.2, 0.25) is 0 Å². The predicted molar refractivity (Wildman–Crippen MR) is 108 cm³/mol. The maximum Gasteiger partial charge on any atom is 0.143 e. The van der Waals surface area contributed by atoms with Crippen LogP contribution in [0.15, 0.2) is 42.7 Å². The van der Waals surface area contributed by atoms with Crippen LogP contribution in [-0.4, -0.2) is 44.6 Å². The number of aryl methyl sites for hydroxylation is 3. The molecule has 0 bridgehead atoms. The molecule has 148 valence electrons. The molecule has 2 atom stereocenters. The van der Waals surface area contributed by atoms with Crippen molar-refractivity contribution in [1.29, 1.82) is 0 Å². The molecule has 0 aliphatic rings. The summed E-state index contributed by atoms with van der Waals surface area (Å²) in [5, 5.41) is 24.8. The molecule has 0 saturated heterocycles. The molecular weight excluding hydrogens is 354 g/mol. The second-order valence-electron chi connectivity index (χ2n) is 7.17. The van der Waals surface area contributed by atoms with Gasteiger partial charge >= 0.3 is 0 Å². The Balaban J connectivity index is 1.49. The van der Waals surface area contributed by atoms with Crippen molar-refractivity contribution in [2.45, 2.75) is 39.8 Å². The zero-order valence-electron chi connectivity index (χ0n) is 16.8. The Morgan fingerprint density at radius 2 is 1.79 bits per heavy atom. The lowest BCUT2D eigenvalue weighted by Crippen LogP contribution is -2.33. The highest BCUT2D eigenvalue weighted by molar-refractivity contribution is 5.43. The highest BCUT2D eigenvalue weighted by Crippen LogP contribution is 2.24. The van der Waals surface area contributed by atoms with Gasteiger partial charge in [-0.05, 0) is 66.9 Å². The lowest BCUT2D eigenvalue weighted by Gasteiger charge is -2.19. The maximum atomic E-state index is 10.3. The van der Waals surface area contributed by atoms with Gasteiger partial charge in [-0.2, -0.15) is 0 Å². The van der Waals surface area contributed by atoms with Crippen molar-refractivity contribution in [3.8, 4) is 11.4 Å². The number of aromatic nitrogens is 4. The van der Waals surface area contributed by atoms with E-state index in [1.165, 1.54) is 5.56 Å². The first kappa shape index (κ1) is 20.0. The summed E-state index contributed by atoms with van der Waals surface area (Å²) in [5.41, 5.74) is 5.42. The first-order chi connectivity index (χ1) is 13.4. The highest BCUT2D eigenvalue weighted by atomic mass is 16.5. The van der Waals surface area contributed by atoms with Crippen molar-refractivity contribution in [1.82, 2.24) is 25.5 Å². The van der Waals surface area contributed by atoms with E-state index in [4.69, 9.17) is 4.74 Å². The second-order valence-corrected chi connectivity index (χ2v) is 7.17. The van der Waals surface area contributed by atoms with Gasteiger partial charge in [-0.25, -0.2) is 4.68 Å². The number of hydrogen-bond donors (Lipinski definition) is 2. The Hall–Kier alpha value is -2.77. The van der Waals surface area contributed by atoms with E-state index in [2.05, 4.69) is 46.8 Å². The fourth-order valence-corrected chi connectivity index (χ4v) is 3.26. The van der Waals surface area contributed by atoms with Crippen molar-refractivity contribution in [3.05, 3.63) is 65.0 Å². The quantitative estimate of drug-likeness (QED) is 0.624. The van der Waals surface area contributed by atoms with Gasteiger partial charge < -0.3 is 15.2 Å². The van der Waals surface area contributed by atoms with Gasteiger partial charge in [0, 0.05) is 12.6 Å². The molecule has 1 aromatic heterocycles. The van der Waals surface area contributed by atoms with Gasteiger partial charge in [-0.1, -0.05) is 29.8 Å². The van der Waals surface area contributed by atoms with Gasteiger partial charge in [0.05, 0.1) is 5.69 Å². The Labute approximate surface area is 165 Å². The van der Waals surface area contributed by atoms with Crippen molar-refractivity contribution in [2.24, 2.45) is 0 Å². The summed E-state index contributed by atoms with van der Waals surface area (Å²) < 4.78 is 7.48. The molecule has 1 heterocycles. The molecule has 2 aromatic carbocycles. The molecule has 0 aliphatic heterocycles. The Bertz CT molecular complexity index is 871. The SMILES string of the molecule is Cc1cc(C)c(OCC(O)CNC(C)c2ccc(-n3cnnn3)cc2)c(C)c1. The van der Waals surface area contributed by atoms with Gasteiger partial charge in [-0.15, -0.1) is 5.10 Å². The molecule has 2 N–H and O–H groups in total. The molecule has 0 amide bonds. The van der Waals surface area contributed by atoms with Crippen LogP contribution in [0.1, 0.15) is 35.2 Å². The number of ether oxygens (including phenoxy) is 1. The number of hydrogen-bond acceptors (Lipinski definition) is 6. The molecule has 0 radical (unpaired) electrons. The molecule has 7 heteroatoms. The van der Waals surface area contributed by atoms with Gasteiger partial charge in [0.25, 0.3) is 0 Å². The third-order valence-electron chi connectivity index (χ3n) is 4.69. The largest absolute Gasteiger partial charge is 0.490 e. The van der Waals surface area contributed by atoms with Crippen molar-refractivity contribution in [2.75, 3.05) is 13.2 Å².